The quantitative estimate of drug-likeness (QED) is 0.498. The molecule has 1 nitrogen and oxygen atoms in total. The molecule has 0 aliphatic carbocycles. The van der Waals surface area contributed by atoms with Gasteiger partial charge in [-0.05, 0) is 14.0 Å². The van der Waals surface area contributed by atoms with Crippen molar-refractivity contribution < 1.29 is 0 Å². The summed E-state index contributed by atoms with van der Waals surface area (Å²) in [5.74, 6) is 2.56. The van der Waals surface area contributed by atoms with Gasteiger partial charge in [-0.15, -0.1) is 12.3 Å². The lowest BCUT2D eigenvalue weighted by molar-refractivity contribution is 0.628. The van der Waals surface area contributed by atoms with Gasteiger partial charge in [0.2, 0.25) is 0 Å². The van der Waals surface area contributed by atoms with Gasteiger partial charge < -0.3 is 5.32 Å². The molecule has 0 fully saturated rings. The van der Waals surface area contributed by atoms with Crippen LogP contribution in [0.1, 0.15) is 13.3 Å². The van der Waals surface area contributed by atoms with Crippen LogP contribution in [-0.2, 0) is 0 Å². The van der Waals surface area contributed by atoms with E-state index in [4.69, 9.17) is 6.42 Å². The van der Waals surface area contributed by atoms with E-state index in [1.54, 1.807) is 0 Å². The van der Waals surface area contributed by atoms with Gasteiger partial charge in [0.1, 0.15) is 0 Å². The molecule has 1 heteroatoms. The number of hydrogen-bond donors (Lipinski definition) is 1. The Morgan fingerprint density at radius 1 is 1.86 bits per heavy atom. The summed E-state index contributed by atoms with van der Waals surface area (Å²) in [6.45, 7) is 2.06. The Kier molecular flexibility index (Phi) is 3.45. The molecule has 1 unspecified atom stereocenters. The molecule has 0 heterocycles. The topological polar surface area (TPSA) is 12.0 Å². The molecule has 0 radical (unpaired) electrons. The summed E-state index contributed by atoms with van der Waals surface area (Å²) >= 11 is 0. The van der Waals surface area contributed by atoms with Crippen LogP contribution in [-0.4, -0.2) is 13.1 Å². The average Bonchev–Trinajstić information content (AvgIpc) is 1.68. The SMILES string of the molecule is C#CCC(C)NC. The first-order valence-electron chi connectivity index (χ1n) is 2.42. The number of terminal acetylenes is 1. The molecular formula is C6H11N. The lowest BCUT2D eigenvalue weighted by atomic mass is 10.2. The van der Waals surface area contributed by atoms with E-state index in [0.29, 0.717) is 6.04 Å². The Morgan fingerprint density at radius 2 is 2.43 bits per heavy atom. The minimum atomic E-state index is 0.463. The van der Waals surface area contributed by atoms with Gasteiger partial charge in [-0.25, -0.2) is 0 Å². The summed E-state index contributed by atoms with van der Waals surface area (Å²) in [6, 6.07) is 0.463. The zero-order valence-corrected chi connectivity index (χ0v) is 4.86. The van der Waals surface area contributed by atoms with Crippen LogP contribution >= 0.6 is 0 Å². The Hall–Kier alpha value is -0.480. The minimum absolute atomic E-state index is 0.463. The van der Waals surface area contributed by atoms with Crippen LogP contribution in [0.15, 0.2) is 0 Å². The molecule has 0 saturated heterocycles. The fourth-order valence-corrected chi connectivity index (χ4v) is 0.279. The first-order valence-corrected chi connectivity index (χ1v) is 2.42. The van der Waals surface area contributed by atoms with Gasteiger partial charge in [0.15, 0.2) is 0 Å². The zero-order valence-electron chi connectivity index (χ0n) is 4.86. The highest BCUT2D eigenvalue weighted by atomic mass is 14.8. The van der Waals surface area contributed by atoms with Gasteiger partial charge >= 0.3 is 0 Å². The number of hydrogen-bond acceptors (Lipinski definition) is 1. The van der Waals surface area contributed by atoms with Crippen LogP contribution in [0.4, 0.5) is 0 Å². The first kappa shape index (κ1) is 6.52. The standard InChI is InChI=1S/C6H11N/c1-4-5-6(2)7-3/h1,6-7H,5H2,2-3H3. The average molecular weight is 97.2 g/mol. The Balaban J connectivity index is 3.03. The molecule has 7 heavy (non-hydrogen) atoms. The van der Waals surface area contributed by atoms with Crippen LogP contribution in [0.25, 0.3) is 0 Å². The minimum Gasteiger partial charge on any atom is -0.316 e. The van der Waals surface area contributed by atoms with E-state index in [9.17, 15) is 0 Å². The van der Waals surface area contributed by atoms with Crippen molar-refractivity contribution in [2.45, 2.75) is 19.4 Å². The summed E-state index contributed by atoms with van der Waals surface area (Å²) in [6.07, 6.45) is 5.83. The third kappa shape index (κ3) is 3.35. The predicted molar refractivity (Wildman–Crippen MR) is 32.0 cm³/mol. The van der Waals surface area contributed by atoms with E-state index in [1.165, 1.54) is 0 Å². The second-order valence-electron chi connectivity index (χ2n) is 1.60. The summed E-state index contributed by atoms with van der Waals surface area (Å²) in [7, 11) is 1.90. The second-order valence-corrected chi connectivity index (χ2v) is 1.60. The van der Waals surface area contributed by atoms with Crippen LogP contribution in [0.3, 0.4) is 0 Å². The van der Waals surface area contributed by atoms with Gasteiger partial charge in [0, 0.05) is 12.5 Å². The molecule has 0 aromatic carbocycles. The van der Waals surface area contributed by atoms with Gasteiger partial charge in [0.05, 0.1) is 0 Å². The van der Waals surface area contributed by atoms with Crippen molar-refractivity contribution in [1.82, 2.24) is 5.32 Å². The molecule has 1 atom stereocenters. The van der Waals surface area contributed by atoms with Crippen molar-refractivity contribution in [2.24, 2.45) is 0 Å². The molecule has 1 N–H and O–H groups in total. The van der Waals surface area contributed by atoms with Crippen LogP contribution in [0.5, 0.6) is 0 Å². The fourth-order valence-electron chi connectivity index (χ4n) is 0.279. The van der Waals surface area contributed by atoms with E-state index in [-0.39, 0.29) is 0 Å². The van der Waals surface area contributed by atoms with Gasteiger partial charge in [-0.3, -0.25) is 0 Å². The van der Waals surface area contributed by atoms with Crippen molar-refractivity contribution in [3.8, 4) is 12.3 Å². The molecule has 40 valence electrons. The van der Waals surface area contributed by atoms with Crippen LogP contribution in [0, 0.1) is 12.3 Å². The largest absolute Gasteiger partial charge is 0.316 e. The van der Waals surface area contributed by atoms with Gasteiger partial charge in [-0.2, -0.15) is 0 Å². The molecule has 0 aromatic rings. The molecule has 0 aliphatic rings. The highest BCUT2D eigenvalue weighted by Crippen LogP contribution is 1.82. The maximum Gasteiger partial charge on any atom is 0.0237 e. The smallest absolute Gasteiger partial charge is 0.0237 e. The van der Waals surface area contributed by atoms with Crippen molar-refractivity contribution in [1.29, 1.82) is 0 Å². The number of rotatable bonds is 2. The van der Waals surface area contributed by atoms with Gasteiger partial charge in [-0.1, -0.05) is 0 Å². The summed E-state index contributed by atoms with van der Waals surface area (Å²) < 4.78 is 0. The van der Waals surface area contributed by atoms with E-state index < -0.39 is 0 Å². The van der Waals surface area contributed by atoms with Crippen molar-refractivity contribution >= 4 is 0 Å². The Labute approximate surface area is 45.1 Å². The maximum absolute atomic E-state index is 5.01. The molecule has 0 rings (SSSR count). The lowest BCUT2D eigenvalue weighted by Gasteiger charge is -2.01. The zero-order chi connectivity index (χ0) is 5.70. The summed E-state index contributed by atoms with van der Waals surface area (Å²) in [5, 5.41) is 3.02. The van der Waals surface area contributed by atoms with E-state index in [0.717, 1.165) is 6.42 Å². The van der Waals surface area contributed by atoms with Gasteiger partial charge in [0.25, 0.3) is 0 Å². The highest BCUT2D eigenvalue weighted by Gasteiger charge is 1.89. The van der Waals surface area contributed by atoms with E-state index in [1.807, 2.05) is 7.05 Å². The summed E-state index contributed by atoms with van der Waals surface area (Å²) in [5.41, 5.74) is 0. The third-order valence-electron chi connectivity index (χ3n) is 0.917. The number of nitrogens with one attached hydrogen (secondary N) is 1. The molecule has 0 saturated carbocycles. The van der Waals surface area contributed by atoms with Crippen molar-refractivity contribution in [2.75, 3.05) is 7.05 Å². The predicted octanol–water partition coefficient (Wildman–Crippen LogP) is 0.618. The van der Waals surface area contributed by atoms with E-state index >= 15 is 0 Å². The monoisotopic (exact) mass is 97.1 g/mol. The molecule has 0 spiro atoms. The molecule has 0 aliphatic heterocycles. The maximum atomic E-state index is 5.01. The normalized spacial score (nSPS) is 12.7. The highest BCUT2D eigenvalue weighted by molar-refractivity contribution is 4.87. The van der Waals surface area contributed by atoms with Crippen molar-refractivity contribution in [3.63, 3.8) is 0 Å². The fraction of sp³-hybridized carbons (Fsp3) is 0.667. The Morgan fingerprint density at radius 3 is 2.57 bits per heavy atom. The molecular weight excluding hydrogens is 86.1 g/mol. The van der Waals surface area contributed by atoms with Crippen LogP contribution < -0.4 is 5.32 Å². The van der Waals surface area contributed by atoms with Crippen LogP contribution in [0.2, 0.25) is 0 Å². The molecule has 0 aromatic heterocycles. The second kappa shape index (κ2) is 3.70. The lowest BCUT2D eigenvalue weighted by Crippen LogP contribution is -2.19. The third-order valence-corrected chi connectivity index (χ3v) is 0.917. The molecule has 0 bridgehead atoms. The molecule has 0 amide bonds. The van der Waals surface area contributed by atoms with E-state index in [2.05, 4.69) is 18.2 Å². The first-order chi connectivity index (χ1) is 3.31. The summed E-state index contributed by atoms with van der Waals surface area (Å²) in [4.78, 5) is 0. The Bertz CT molecular complexity index is 70.7. The van der Waals surface area contributed by atoms with Crippen molar-refractivity contribution in [3.05, 3.63) is 0 Å².